The number of hydrogen-bond acceptors (Lipinski definition) is 7. The molecule has 14 heteroatoms. The number of benzene rings is 2. The molecule has 3 amide bonds. The van der Waals surface area contributed by atoms with Gasteiger partial charge in [0.05, 0.1) is 41.9 Å². The first-order valence-electron chi connectivity index (χ1n) is 13.7. The zero-order valence-electron chi connectivity index (χ0n) is 23.6. The van der Waals surface area contributed by atoms with E-state index in [1.54, 1.807) is 30.5 Å². The van der Waals surface area contributed by atoms with Crippen LogP contribution in [0.4, 0.5) is 20.6 Å². The number of fused-ring (bicyclic) bond motifs is 4. The minimum atomic E-state index is -0.680. The largest absolute Gasteiger partial charge is 0.453 e. The van der Waals surface area contributed by atoms with E-state index >= 15 is 0 Å². The third-order valence-electron chi connectivity index (χ3n) is 7.28. The van der Waals surface area contributed by atoms with Crippen molar-refractivity contribution in [1.29, 1.82) is 0 Å². The highest BCUT2D eigenvalue weighted by molar-refractivity contribution is 6.30. The number of carbonyl (C=O) groups is 3. The van der Waals surface area contributed by atoms with Gasteiger partial charge in [-0.2, -0.15) is 0 Å². The molecule has 4 N–H and O–H groups in total. The number of aromatic amines is 1. The summed E-state index contributed by atoms with van der Waals surface area (Å²) < 4.78 is 20.3. The van der Waals surface area contributed by atoms with Crippen LogP contribution in [-0.2, 0) is 9.53 Å². The number of halogens is 2. The number of amides is 3. The van der Waals surface area contributed by atoms with Gasteiger partial charge in [-0.3, -0.25) is 14.9 Å². The van der Waals surface area contributed by atoms with Gasteiger partial charge >= 0.3 is 6.09 Å². The number of rotatable bonds is 5. The van der Waals surface area contributed by atoms with Gasteiger partial charge in [0.1, 0.15) is 11.5 Å². The average Bonchev–Trinajstić information content (AvgIpc) is 3.66. The summed E-state index contributed by atoms with van der Waals surface area (Å²) in [7, 11) is 1.26. The van der Waals surface area contributed by atoms with Crippen LogP contribution in [0, 0.1) is 17.7 Å². The Balaban J connectivity index is 1.45. The van der Waals surface area contributed by atoms with Gasteiger partial charge in [-0.15, -0.1) is 5.10 Å². The van der Waals surface area contributed by atoms with Crippen molar-refractivity contribution in [2.45, 2.75) is 39.2 Å². The van der Waals surface area contributed by atoms with E-state index in [1.165, 1.54) is 25.4 Å². The fourth-order valence-electron chi connectivity index (χ4n) is 4.98. The van der Waals surface area contributed by atoms with Crippen molar-refractivity contribution in [3.63, 3.8) is 0 Å². The third kappa shape index (κ3) is 6.51. The van der Waals surface area contributed by atoms with Crippen LogP contribution < -0.4 is 16.0 Å². The molecule has 5 rings (SSSR count). The van der Waals surface area contributed by atoms with E-state index in [0.29, 0.717) is 47.7 Å². The van der Waals surface area contributed by atoms with Crippen LogP contribution in [0.3, 0.4) is 0 Å². The molecule has 1 aliphatic heterocycles. The summed E-state index contributed by atoms with van der Waals surface area (Å²) in [6.07, 6.45) is 3.95. The predicted molar refractivity (Wildman–Crippen MR) is 157 cm³/mol. The smallest absolute Gasteiger partial charge is 0.411 e. The molecule has 1 unspecified atom stereocenters. The number of methoxy groups -OCH3 is 1. The SMILES string of the molecule is COC(=O)Nc1ccc2c(c1)NC(=O)C(C(C)C)CCC[C@H](NC(=O)c1cn(-c3cccc(Cl)c3F)nn1)c1ncc-2[nH]1. The number of aromatic nitrogens is 5. The lowest BCUT2D eigenvalue weighted by atomic mass is 9.88. The quantitative estimate of drug-likeness (QED) is 0.233. The molecule has 1 aliphatic rings. The van der Waals surface area contributed by atoms with Crippen molar-refractivity contribution in [2.24, 2.45) is 11.8 Å². The standard InChI is InChI=1S/C29H30ClFN8O4/c1-15(2)17-6-4-8-20(35-28(41)23-14-39(38-37-23)24-9-5-7-19(30)25(24)31)26-32-13-22(34-26)18-11-10-16(33-29(42)43-3)12-21(18)36-27(17)40/h5,7,9-15,17,20H,4,6,8H2,1-3H3,(H,32,34)(H,33,42)(H,35,41)(H,36,40)/t17?,20-/m0/s1. The Morgan fingerprint density at radius 1 is 1.21 bits per heavy atom. The Morgan fingerprint density at radius 2 is 2.02 bits per heavy atom. The van der Waals surface area contributed by atoms with E-state index in [-0.39, 0.29) is 34.1 Å². The minimum absolute atomic E-state index is 0.0207. The Hall–Kier alpha value is -4.78. The Bertz CT molecular complexity index is 1670. The molecule has 4 aromatic rings. The Labute approximate surface area is 251 Å². The molecule has 0 spiro atoms. The summed E-state index contributed by atoms with van der Waals surface area (Å²) in [5, 5.41) is 16.4. The fraction of sp³-hybridized carbons (Fsp3) is 0.310. The van der Waals surface area contributed by atoms with Crippen molar-refractivity contribution in [3.05, 3.63) is 71.2 Å². The van der Waals surface area contributed by atoms with E-state index in [0.717, 1.165) is 4.68 Å². The molecule has 224 valence electrons. The second-order valence-electron chi connectivity index (χ2n) is 10.5. The topological polar surface area (TPSA) is 156 Å². The molecule has 0 aliphatic carbocycles. The summed E-state index contributed by atoms with van der Waals surface area (Å²) in [6.45, 7) is 3.96. The summed E-state index contributed by atoms with van der Waals surface area (Å²) in [5.41, 5.74) is 2.19. The van der Waals surface area contributed by atoms with Crippen LogP contribution in [0.15, 0.2) is 48.8 Å². The van der Waals surface area contributed by atoms with Crippen LogP contribution in [0.25, 0.3) is 16.9 Å². The van der Waals surface area contributed by atoms with Gasteiger partial charge in [0.15, 0.2) is 11.5 Å². The number of carbonyl (C=O) groups excluding carboxylic acids is 3. The van der Waals surface area contributed by atoms with Gasteiger partial charge in [-0.25, -0.2) is 18.9 Å². The molecular formula is C29H30ClFN8O4. The minimum Gasteiger partial charge on any atom is -0.453 e. The van der Waals surface area contributed by atoms with Crippen molar-refractivity contribution in [1.82, 2.24) is 30.3 Å². The van der Waals surface area contributed by atoms with Crippen LogP contribution in [0.2, 0.25) is 5.02 Å². The van der Waals surface area contributed by atoms with Gasteiger partial charge in [-0.1, -0.05) is 43.1 Å². The normalized spacial score (nSPS) is 16.8. The highest BCUT2D eigenvalue weighted by Gasteiger charge is 2.27. The van der Waals surface area contributed by atoms with E-state index in [2.05, 4.69) is 36.2 Å². The number of imidazole rings is 1. The number of H-pyrrole nitrogens is 1. The molecule has 12 nitrogen and oxygen atoms in total. The number of ether oxygens (including phenoxy) is 1. The van der Waals surface area contributed by atoms with Crippen molar-refractivity contribution in [3.8, 4) is 16.9 Å². The molecule has 0 radical (unpaired) electrons. The summed E-state index contributed by atoms with van der Waals surface area (Å²) in [5.74, 6) is -1.12. The second-order valence-corrected chi connectivity index (χ2v) is 10.9. The van der Waals surface area contributed by atoms with Gasteiger partial charge < -0.3 is 20.4 Å². The van der Waals surface area contributed by atoms with Crippen LogP contribution in [0.1, 0.15) is 55.5 Å². The van der Waals surface area contributed by atoms with Crippen molar-refractivity contribution >= 4 is 40.9 Å². The maximum atomic E-state index is 14.5. The van der Waals surface area contributed by atoms with Gasteiger partial charge in [0.25, 0.3) is 5.91 Å². The lowest BCUT2D eigenvalue weighted by Gasteiger charge is -2.23. The first-order chi connectivity index (χ1) is 20.6. The maximum Gasteiger partial charge on any atom is 0.411 e. The van der Waals surface area contributed by atoms with Crippen LogP contribution in [0.5, 0.6) is 0 Å². The van der Waals surface area contributed by atoms with Gasteiger partial charge in [0, 0.05) is 17.2 Å². The summed E-state index contributed by atoms with van der Waals surface area (Å²) >= 11 is 5.89. The van der Waals surface area contributed by atoms with Crippen LogP contribution in [-0.4, -0.2) is 50.0 Å². The van der Waals surface area contributed by atoms with Crippen molar-refractivity contribution in [2.75, 3.05) is 17.7 Å². The highest BCUT2D eigenvalue weighted by Crippen LogP contribution is 2.34. The van der Waals surface area contributed by atoms with E-state index < -0.39 is 23.9 Å². The van der Waals surface area contributed by atoms with E-state index in [4.69, 9.17) is 16.3 Å². The van der Waals surface area contributed by atoms with E-state index in [9.17, 15) is 18.8 Å². The van der Waals surface area contributed by atoms with Gasteiger partial charge in [0.2, 0.25) is 5.91 Å². The second kappa shape index (κ2) is 12.6. The highest BCUT2D eigenvalue weighted by atomic mass is 35.5. The number of nitrogens with zero attached hydrogens (tertiary/aromatic N) is 4. The Kier molecular flexibility index (Phi) is 8.71. The first-order valence-corrected chi connectivity index (χ1v) is 14.0. The number of anilines is 2. The van der Waals surface area contributed by atoms with Crippen LogP contribution >= 0.6 is 11.6 Å². The molecule has 2 bridgehead atoms. The molecule has 0 saturated heterocycles. The maximum absolute atomic E-state index is 14.5. The number of nitrogens with one attached hydrogen (secondary N) is 4. The summed E-state index contributed by atoms with van der Waals surface area (Å²) in [6, 6.07) is 8.99. The zero-order chi connectivity index (χ0) is 30.7. The molecule has 43 heavy (non-hydrogen) atoms. The molecule has 0 saturated carbocycles. The molecule has 0 fully saturated rings. The molecule has 3 heterocycles. The van der Waals surface area contributed by atoms with Gasteiger partial charge in [-0.05, 0) is 49.1 Å². The third-order valence-corrected chi connectivity index (χ3v) is 7.58. The van der Waals surface area contributed by atoms with E-state index in [1.807, 2.05) is 13.8 Å². The predicted octanol–water partition coefficient (Wildman–Crippen LogP) is 5.49. The fourth-order valence-corrected chi connectivity index (χ4v) is 5.15. The Morgan fingerprint density at radius 3 is 2.79 bits per heavy atom. The van der Waals surface area contributed by atoms with Crippen molar-refractivity contribution < 1.29 is 23.5 Å². The monoisotopic (exact) mass is 608 g/mol. The molecular weight excluding hydrogens is 579 g/mol. The lowest BCUT2D eigenvalue weighted by molar-refractivity contribution is -0.121. The first kappa shape index (κ1) is 29.7. The average molecular weight is 609 g/mol. The number of hydrogen-bond donors (Lipinski definition) is 4. The zero-order valence-corrected chi connectivity index (χ0v) is 24.4. The lowest BCUT2D eigenvalue weighted by Crippen LogP contribution is -2.31. The molecule has 2 atom stereocenters. The summed E-state index contributed by atoms with van der Waals surface area (Å²) in [4.78, 5) is 46.3. The molecule has 2 aromatic heterocycles. The molecule has 2 aromatic carbocycles.